The summed E-state index contributed by atoms with van der Waals surface area (Å²) in [6, 6.07) is 9.34. The lowest BCUT2D eigenvalue weighted by Crippen LogP contribution is -2.11. The Hall–Kier alpha value is -1.53. The third kappa shape index (κ3) is 3.97. The molecule has 1 heterocycles. The standard InChI is InChI=1S/C13H16N2O2S2/c1-10-7-8-18-13(10)9-14-11-5-3-4-6-12(11)15-19(2,16)17/h3-8,14-15H,9H2,1-2H3. The normalized spacial score (nSPS) is 11.3. The van der Waals surface area contributed by atoms with Gasteiger partial charge in [0.05, 0.1) is 17.6 Å². The van der Waals surface area contributed by atoms with E-state index in [1.807, 2.05) is 17.5 Å². The molecule has 2 rings (SSSR count). The Balaban J connectivity index is 2.14. The maximum atomic E-state index is 11.3. The van der Waals surface area contributed by atoms with Gasteiger partial charge in [-0.05, 0) is 36.1 Å². The van der Waals surface area contributed by atoms with E-state index < -0.39 is 10.0 Å². The zero-order valence-electron chi connectivity index (χ0n) is 10.8. The molecule has 0 aliphatic carbocycles. The molecule has 0 spiro atoms. The van der Waals surface area contributed by atoms with Crippen LogP contribution in [0.15, 0.2) is 35.7 Å². The van der Waals surface area contributed by atoms with Gasteiger partial charge >= 0.3 is 0 Å². The van der Waals surface area contributed by atoms with Crippen LogP contribution in [0, 0.1) is 6.92 Å². The van der Waals surface area contributed by atoms with E-state index >= 15 is 0 Å². The maximum absolute atomic E-state index is 11.3. The van der Waals surface area contributed by atoms with Crippen LogP contribution in [0.1, 0.15) is 10.4 Å². The van der Waals surface area contributed by atoms with Crippen molar-refractivity contribution in [2.75, 3.05) is 16.3 Å². The minimum absolute atomic E-state index is 0.569. The fraction of sp³-hybridized carbons (Fsp3) is 0.231. The molecule has 0 saturated carbocycles. The van der Waals surface area contributed by atoms with Crippen molar-refractivity contribution in [2.24, 2.45) is 0 Å². The van der Waals surface area contributed by atoms with E-state index in [9.17, 15) is 8.42 Å². The van der Waals surface area contributed by atoms with Crippen LogP contribution in [0.25, 0.3) is 0 Å². The molecule has 0 unspecified atom stereocenters. The monoisotopic (exact) mass is 296 g/mol. The van der Waals surface area contributed by atoms with Crippen molar-refractivity contribution < 1.29 is 8.42 Å². The SMILES string of the molecule is Cc1ccsc1CNc1ccccc1NS(C)(=O)=O. The fourth-order valence-electron chi connectivity index (χ4n) is 1.69. The second-order valence-corrected chi connectivity index (χ2v) is 7.05. The van der Waals surface area contributed by atoms with Crippen LogP contribution in [0.3, 0.4) is 0 Å². The molecule has 0 fully saturated rings. The predicted octanol–water partition coefficient (Wildman–Crippen LogP) is 3.04. The van der Waals surface area contributed by atoms with Gasteiger partial charge in [0, 0.05) is 11.4 Å². The molecule has 1 aromatic heterocycles. The van der Waals surface area contributed by atoms with Gasteiger partial charge < -0.3 is 5.32 Å². The number of anilines is 2. The van der Waals surface area contributed by atoms with Crippen molar-refractivity contribution in [3.63, 3.8) is 0 Å². The molecule has 1 aromatic carbocycles. The minimum Gasteiger partial charge on any atom is -0.378 e. The first-order chi connectivity index (χ1) is 8.96. The van der Waals surface area contributed by atoms with Crippen LogP contribution >= 0.6 is 11.3 Å². The van der Waals surface area contributed by atoms with Crippen molar-refractivity contribution in [1.29, 1.82) is 0 Å². The Bertz CT molecular complexity index is 663. The Morgan fingerprint density at radius 1 is 1.16 bits per heavy atom. The number of aryl methyl sites for hydroxylation is 1. The number of hydrogen-bond acceptors (Lipinski definition) is 4. The largest absolute Gasteiger partial charge is 0.378 e. The Kier molecular flexibility index (Phi) is 4.11. The molecule has 19 heavy (non-hydrogen) atoms. The van der Waals surface area contributed by atoms with Crippen molar-refractivity contribution in [3.8, 4) is 0 Å². The molecule has 2 N–H and O–H groups in total. The van der Waals surface area contributed by atoms with Crippen LogP contribution in [0.5, 0.6) is 0 Å². The van der Waals surface area contributed by atoms with Gasteiger partial charge in [-0.15, -0.1) is 11.3 Å². The molecule has 0 amide bonds. The predicted molar refractivity (Wildman–Crippen MR) is 81.3 cm³/mol. The molecule has 102 valence electrons. The van der Waals surface area contributed by atoms with E-state index in [-0.39, 0.29) is 0 Å². The van der Waals surface area contributed by atoms with Gasteiger partial charge in [-0.1, -0.05) is 12.1 Å². The Labute approximate surface area is 117 Å². The number of para-hydroxylation sites is 2. The van der Waals surface area contributed by atoms with E-state index in [1.165, 1.54) is 10.4 Å². The first kappa shape index (κ1) is 13.9. The number of sulfonamides is 1. The highest BCUT2D eigenvalue weighted by Gasteiger charge is 2.07. The molecule has 0 atom stereocenters. The highest BCUT2D eigenvalue weighted by atomic mass is 32.2. The van der Waals surface area contributed by atoms with Gasteiger partial charge in [0.2, 0.25) is 10.0 Å². The number of hydrogen-bond donors (Lipinski definition) is 2. The highest BCUT2D eigenvalue weighted by Crippen LogP contribution is 2.24. The maximum Gasteiger partial charge on any atom is 0.229 e. The van der Waals surface area contributed by atoms with Crippen molar-refractivity contribution in [1.82, 2.24) is 0 Å². The van der Waals surface area contributed by atoms with Crippen LogP contribution in [-0.2, 0) is 16.6 Å². The first-order valence-electron chi connectivity index (χ1n) is 5.79. The summed E-state index contributed by atoms with van der Waals surface area (Å²) in [6.45, 7) is 2.75. The molecular weight excluding hydrogens is 280 g/mol. The van der Waals surface area contributed by atoms with Crippen LogP contribution in [0.4, 0.5) is 11.4 Å². The van der Waals surface area contributed by atoms with Gasteiger partial charge in [-0.3, -0.25) is 4.72 Å². The summed E-state index contributed by atoms with van der Waals surface area (Å²) in [7, 11) is -3.27. The summed E-state index contributed by atoms with van der Waals surface area (Å²) < 4.78 is 25.1. The van der Waals surface area contributed by atoms with E-state index in [4.69, 9.17) is 0 Å². The lowest BCUT2D eigenvalue weighted by Gasteiger charge is -2.12. The molecule has 0 aliphatic heterocycles. The summed E-state index contributed by atoms with van der Waals surface area (Å²) in [5.74, 6) is 0. The third-order valence-electron chi connectivity index (χ3n) is 2.63. The summed E-state index contributed by atoms with van der Waals surface area (Å²) >= 11 is 1.69. The molecule has 0 bridgehead atoms. The molecule has 2 aromatic rings. The van der Waals surface area contributed by atoms with E-state index in [0.29, 0.717) is 12.2 Å². The first-order valence-corrected chi connectivity index (χ1v) is 8.56. The van der Waals surface area contributed by atoms with Crippen molar-refractivity contribution in [2.45, 2.75) is 13.5 Å². The molecule has 0 radical (unpaired) electrons. The summed E-state index contributed by atoms with van der Waals surface area (Å²) in [6.07, 6.45) is 1.15. The second kappa shape index (κ2) is 5.63. The van der Waals surface area contributed by atoms with Gasteiger partial charge in [-0.2, -0.15) is 0 Å². The molecular formula is C13H16N2O2S2. The second-order valence-electron chi connectivity index (χ2n) is 4.30. The van der Waals surface area contributed by atoms with E-state index in [2.05, 4.69) is 23.0 Å². The topological polar surface area (TPSA) is 58.2 Å². The zero-order valence-corrected chi connectivity index (χ0v) is 12.4. The average Bonchev–Trinajstić information content (AvgIpc) is 2.72. The lowest BCUT2D eigenvalue weighted by molar-refractivity contribution is 0.607. The van der Waals surface area contributed by atoms with Crippen LogP contribution in [0.2, 0.25) is 0 Å². The van der Waals surface area contributed by atoms with Gasteiger partial charge in [-0.25, -0.2) is 8.42 Å². The van der Waals surface area contributed by atoms with E-state index in [1.54, 1.807) is 23.5 Å². The summed E-state index contributed by atoms with van der Waals surface area (Å²) in [5.41, 5.74) is 2.59. The Morgan fingerprint density at radius 2 is 1.84 bits per heavy atom. The number of benzene rings is 1. The molecule has 4 nitrogen and oxygen atoms in total. The lowest BCUT2D eigenvalue weighted by atomic mass is 10.2. The van der Waals surface area contributed by atoms with Crippen LogP contribution < -0.4 is 10.0 Å². The van der Waals surface area contributed by atoms with Crippen molar-refractivity contribution in [3.05, 3.63) is 46.2 Å². The zero-order chi connectivity index (χ0) is 13.9. The van der Waals surface area contributed by atoms with Crippen molar-refractivity contribution >= 4 is 32.7 Å². The molecule has 0 saturated heterocycles. The average molecular weight is 296 g/mol. The van der Waals surface area contributed by atoms with E-state index in [0.717, 1.165) is 11.9 Å². The number of rotatable bonds is 5. The minimum atomic E-state index is -3.27. The fourth-order valence-corrected chi connectivity index (χ4v) is 3.11. The van der Waals surface area contributed by atoms with Gasteiger partial charge in [0.1, 0.15) is 0 Å². The number of thiophene rings is 1. The summed E-state index contributed by atoms with van der Waals surface area (Å²) in [4.78, 5) is 1.24. The molecule has 6 heteroatoms. The number of nitrogens with one attached hydrogen (secondary N) is 2. The highest BCUT2D eigenvalue weighted by molar-refractivity contribution is 7.92. The Morgan fingerprint density at radius 3 is 2.42 bits per heavy atom. The summed E-state index contributed by atoms with van der Waals surface area (Å²) in [5, 5.41) is 5.31. The third-order valence-corrected chi connectivity index (χ3v) is 4.24. The van der Waals surface area contributed by atoms with Crippen LogP contribution in [-0.4, -0.2) is 14.7 Å². The molecule has 0 aliphatic rings. The smallest absolute Gasteiger partial charge is 0.229 e. The quantitative estimate of drug-likeness (QED) is 0.891. The van der Waals surface area contributed by atoms with Gasteiger partial charge in [0.25, 0.3) is 0 Å². The van der Waals surface area contributed by atoms with Gasteiger partial charge in [0.15, 0.2) is 0 Å².